The monoisotopic (exact) mass is 163 g/mol. The molecule has 0 atom stereocenters. The lowest BCUT2D eigenvalue weighted by molar-refractivity contribution is 0.971. The maximum absolute atomic E-state index is 3.89. The smallest absolute Gasteiger partial charge is 0.0758 e. The Bertz CT molecular complexity index is 224. The Morgan fingerprint density at radius 3 is 2.83 bits per heavy atom. The quantitative estimate of drug-likeness (QED) is 0.487. The standard InChI is InChI=1S/C9H13N3/c1-4-6-10-9(3)8-12-11-7-5-2/h4-8,11H,1,3H2,2H3/b7-5-,10-6?,12-8+. The molecule has 0 spiro atoms. The number of nitrogens with zero attached hydrogens (tertiary/aromatic N) is 2. The van der Waals surface area contributed by atoms with Crippen LogP contribution in [0.5, 0.6) is 0 Å². The van der Waals surface area contributed by atoms with Gasteiger partial charge in [-0.2, -0.15) is 5.10 Å². The highest BCUT2D eigenvalue weighted by molar-refractivity contribution is 5.82. The number of aliphatic imine (C=N–C) groups is 1. The van der Waals surface area contributed by atoms with Crippen LogP contribution in [0.25, 0.3) is 0 Å². The molecule has 1 N–H and O–H groups in total. The van der Waals surface area contributed by atoms with Gasteiger partial charge in [-0.05, 0) is 6.92 Å². The van der Waals surface area contributed by atoms with Crippen molar-refractivity contribution in [2.45, 2.75) is 6.92 Å². The molecular formula is C9H13N3. The van der Waals surface area contributed by atoms with Crippen LogP contribution in [0.3, 0.4) is 0 Å². The Kier molecular flexibility index (Phi) is 6.45. The zero-order valence-corrected chi connectivity index (χ0v) is 7.20. The van der Waals surface area contributed by atoms with Gasteiger partial charge >= 0.3 is 0 Å². The van der Waals surface area contributed by atoms with E-state index in [0.717, 1.165) is 0 Å². The molecule has 0 aromatic rings. The third-order valence-corrected chi connectivity index (χ3v) is 0.875. The molecule has 0 rings (SSSR count). The van der Waals surface area contributed by atoms with E-state index in [4.69, 9.17) is 0 Å². The lowest BCUT2D eigenvalue weighted by atomic mass is 10.5. The van der Waals surface area contributed by atoms with Crippen molar-refractivity contribution in [2.24, 2.45) is 10.1 Å². The van der Waals surface area contributed by atoms with E-state index in [-0.39, 0.29) is 0 Å². The van der Waals surface area contributed by atoms with E-state index in [0.29, 0.717) is 5.70 Å². The molecule has 64 valence electrons. The third-order valence-electron chi connectivity index (χ3n) is 0.875. The van der Waals surface area contributed by atoms with Gasteiger partial charge in [0.05, 0.1) is 11.9 Å². The second-order valence-corrected chi connectivity index (χ2v) is 1.89. The predicted molar refractivity (Wildman–Crippen MR) is 54.3 cm³/mol. The van der Waals surface area contributed by atoms with Crippen LogP contribution in [-0.4, -0.2) is 12.4 Å². The van der Waals surface area contributed by atoms with Crippen LogP contribution < -0.4 is 5.43 Å². The van der Waals surface area contributed by atoms with Crippen molar-refractivity contribution in [1.82, 2.24) is 5.43 Å². The van der Waals surface area contributed by atoms with Gasteiger partial charge in [0.2, 0.25) is 0 Å². The van der Waals surface area contributed by atoms with E-state index in [1.54, 1.807) is 18.5 Å². The molecule has 3 heteroatoms. The van der Waals surface area contributed by atoms with Gasteiger partial charge in [0.1, 0.15) is 0 Å². The van der Waals surface area contributed by atoms with Gasteiger partial charge in [-0.15, -0.1) is 0 Å². The average Bonchev–Trinajstić information content (AvgIpc) is 2.09. The number of nitrogens with one attached hydrogen (secondary N) is 1. The number of hydrogen-bond donors (Lipinski definition) is 1. The molecule has 0 aliphatic heterocycles. The van der Waals surface area contributed by atoms with Gasteiger partial charge in [-0.25, -0.2) is 0 Å². The summed E-state index contributed by atoms with van der Waals surface area (Å²) >= 11 is 0. The topological polar surface area (TPSA) is 36.8 Å². The molecule has 0 aliphatic carbocycles. The van der Waals surface area contributed by atoms with Crippen LogP contribution in [0.4, 0.5) is 0 Å². The van der Waals surface area contributed by atoms with Crippen molar-refractivity contribution in [1.29, 1.82) is 0 Å². The summed E-state index contributed by atoms with van der Waals surface area (Å²) in [6.07, 6.45) is 8.22. The molecule has 0 aromatic heterocycles. The van der Waals surface area contributed by atoms with Crippen LogP contribution in [0.2, 0.25) is 0 Å². The summed E-state index contributed by atoms with van der Waals surface area (Å²) in [6.45, 7) is 9.01. The molecule has 0 radical (unpaired) electrons. The molecule has 0 saturated carbocycles. The Hall–Kier alpha value is -1.64. The minimum atomic E-state index is 0.576. The van der Waals surface area contributed by atoms with Gasteiger partial charge in [-0.1, -0.05) is 25.3 Å². The van der Waals surface area contributed by atoms with Crippen LogP contribution >= 0.6 is 0 Å². The summed E-state index contributed by atoms with van der Waals surface area (Å²) in [7, 11) is 0. The molecule has 0 aliphatic rings. The van der Waals surface area contributed by atoms with Crippen molar-refractivity contribution in [3.63, 3.8) is 0 Å². The van der Waals surface area contributed by atoms with Crippen molar-refractivity contribution in [3.05, 3.63) is 37.2 Å². The van der Waals surface area contributed by atoms with Crippen LogP contribution in [0, 0.1) is 0 Å². The van der Waals surface area contributed by atoms with E-state index >= 15 is 0 Å². The predicted octanol–water partition coefficient (Wildman–Crippen LogP) is 1.87. The molecule has 0 fully saturated rings. The maximum Gasteiger partial charge on any atom is 0.0758 e. The van der Waals surface area contributed by atoms with Crippen molar-refractivity contribution >= 4 is 12.4 Å². The molecule has 0 unspecified atom stereocenters. The van der Waals surface area contributed by atoms with Gasteiger partial charge < -0.3 is 0 Å². The molecule has 0 bridgehead atoms. The minimum absolute atomic E-state index is 0.576. The first-order chi connectivity index (χ1) is 5.81. The molecule has 12 heavy (non-hydrogen) atoms. The highest BCUT2D eigenvalue weighted by Gasteiger charge is 1.77. The molecular weight excluding hydrogens is 150 g/mol. The summed E-state index contributed by atoms with van der Waals surface area (Å²) in [5.74, 6) is 0. The maximum atomic E-state index is 3.89. The van der Waals surface area contributed by atoms with Crippen LogP contribution in [-0.2, 0) is 0 Å². The second-order valence-electron chi connectivity index (χ2n) is 1.89. The summed E-state index contributed by atoms with van der Waals surface area (Å²) < 4.78 is 0. The van der Waals surface area contributed by atoms with E-state index < -0.39 is 0 Å². The number of hydrazone groups is 1. The molecule has 3 nitrogen and oxygen atoms in total. The number of allylic oxidation sites excluding steroid dienone is 3. The fourth-order valence-electron chi connectivity index (χ4n) is 0.411. The fraction of sp³-hybridized carbons (Fsp3) is 0.111. The Balaban J connectivity index is 3.75. The Morgan fingerprint density at radius 1 is 1.50 bits per heavy atom. The first-order valence-electron chi connectivity index (χ1n) is 3.55. The molecule has 0 heterocycles. The van der Waals surface area contributed by atoms with E-state index in [1.165, 1.54) is 6.21 Å². The first-order valence-corrected chi connectivity index (χ1v) is 3.55. The SMILES string of the molecule is C=CC=NC(=C)/C=N/N/C=C\C. The van der Waals surface area contributed by atoms with Crippen molar-refractivity contribution in [2.75, 3.05) is 0 Å². The van der Waals surface area contributed by atoms with E-state index in [1.807, 2.05) is 13.0 Å². The van der Waals surface area contributed by atoms with Crippen molar-refractivity contribution < 1.29 is 0 Å². The molecule has 0 amide bonds. The lowest BCUT2D eigenvalue weighted by Gasteiger charge is -1.88. The minimum Gasteiger partial charge on any atom is -0.286 e. The zero-order valence-electron chi connectivity index (χ0n) is 7.20. The van der Waals surface area contributed by atoms with Gasteiger partial charge in [0, 0.05) is 12.4 Å². The van der Waals surface area contributed by atoms with Gasteiger partial charge in [0.15, 0.2) is 0 Å². The largest absolute Gasteiger partial charge is 0.286 e. The first kappa shape index (κ1) is 10.4. The van der Waals surface area contributed by atoms with Gasteiger partial charge in [-0.3, -0.25) is 10.4 Å². The molecule has 0 aromatic carbocycles. The lowest BCUT2D eigenvalue weighted by Crippen LogP contribution is -1.93. The van der Waals surface area contributed by atoms with Crippen LogP contribution in [0.1, 0.15) is 6.92 Å². The zero-order chi connectivity index (χ0) is 9.23. The summed E-state index contributed by atoms with van der Waals surface area (Å²) in [5, 5.41) is 3.80. The number of rotatable bonds is 5. The Morgan fingerprint density at radius 2 is 2.25 bits per heavy atom. The normalized spacial score (nSPS) is 11.4. The van der Waals surface area contributed by atoms with E-state index in [2.05, 4.69) is 28.7 Å². The highest BCUT2D eigenvalue weighted by Crippen LogP contribution is 1.84. The molecule has 0 saturated heterocycles. The second kappa shape index (κ2) is 7.47. The third kappa shape index (κ3) is 6.48. The summed E-state index contributed by atoms with van der Waals surface area (Å²) in [5.41, 5.74) is 3.25. The van der Waals surface area contributed by atoms with Gasteiger partial charge in [0.25, 0.3) is 0 Å². The van der Waals surface area contributed by atoms with Crippen molar-refractivity contribution in [3.8, 4) is 0 Å². The summed E-state index contributed by atoms with van der Waals surface area (Å²) in [6, 6.07) is 0. The van der Waals surface area contributed by atoms with Crippen LogP contribution in [0.15, 0.2) is 47.3 Å². The average molecular weight is 163 g/mol. The van der Waals surface area contributed by atoms with E-state index in [9.17, 15) is 0 Å². The highest BCUT2D eigenvalue weighted by atomic mass is 15.3. The Labute approximate surface area is 72.9 Å². The summed E-state index contributed by atoms with van der Waals surface area (Å²) in [4.78, 5) is 3.89. The number of hydrogen-bond acceptors (Lipinski definition) is 3. The fourth-order valence-corrected chi connectivity index (χ4v) is 0.411.